The number of nitrogens with one attached hydrogen (secondary N) is 1. The van der Waals surface area contributed by atoms with Crippen LogP contribution in [0.25, 0.3) is 0 Å². The van der Waals surface area contributed by atoms with E-state index >= 15 is 0 Å². The number of hydrogen-bond acceptors (Lipinski definition) is 2. The Hall–Kier alpha value is -1.56. The molecule has 0 bridgehead atoms. The lowest BCUT2D eigenvalue weighted by atomic mass is 10.1. The van der Waals surface area contributed by atoms with E-state index in [1.54, 1.807) is 12.1 Å². The fourth-order valence-corrected chi connectivity index (χ4v) is 2.36. The van der Waals surface area contributed by atoms with Crippen LogP contribution in [0.1, 0.15) is 15.9 Å². The third-order valence-electron chi connectivity index (χ3n) is 2.75. The number of carbonyl (C=O) groups is 1. The van der Waals surface area contributed by atoms with Crippen LogP contribution >= 0.6 is 22.6 Å². The van der Waals surface area contributed by atoms with E-state index in [-0.39, 0.29) is 11.7 Å². The van der Waals surface area contributed by atoms with Crippen molar-refractivity contribution in [1.29, 1.82) is 0 Å². The number of aromatic hydroxyl groups is 1. The lowest BCUT2D eigenvalue weighted by Gasteiger charge is -2.07. The van der Waals surface area contributed by atoms with Gasteiger partial charge >= 0.3 is 0 Å². The smallest absolute Gasteiger partial charge is 0.252 e. The van der Waals surface area contributed by atoms with Gasteiger partial charge < -0.3 is 10.4 Å². The number of hydrogen-bond donors (Lipinski definition) is 2. The highest BCUT2D eigenvalue weighted by Gasteiger charge is 2.07. The molecule has 0 radical (unpaired) electrons. The molecule has 4 heteroatoms. The van der Waals surface area contributed by atoms with Crippen molar-refractivity contribution < 1.29 is 9.90 Å². The predicted molar refractivity (Wildman–Crippen MR) is 83.3 cm³/mol. The Kier molecular flexibility index (Phi) is 4.79. The molecule has 1 amide bonds. The molecule has 0 fully saturated rings. The molecule has 0 aliphatic carbocycles. The van der Waals surface area contributed by atoms with Crippen LogP contribution in [0.5, 0.6) is 5.75 Å². The van der Waals surface area contributed by atoms with Gasteiger partial charge in [-0.25, -0.2) is 0 Å². The van der Waals surface area contributed by atoms with Crippen LogP contribution < -0.4 is 5.32 Å². The van der Waals surface area contributed by atoms with E-state index in [0.717, 1.165) is 15.6 Å². The maximum absolute atomic E-state index is 12.0. The molecule has 0 aliphatic heterocycles. The molecule has 0 saturated carbocycles. The molecule has 19 heavy (non-hydrogen) atoms. The standard InChI is InChI=1S/C15H14INO2/c16-14-4-2-1-3-13(14)15(19)17-10-9-11-5-7-12(18)8-6-11/h1-8,18H,9-10H2,(H,17,19). The molecule has 0 atom stereocenters. The summed E-state index contributed by atoms with van der Waals surface area (Å²) in [5, 5.41) is 12.1. The summed E-state index contributed by atoms with van der Waals surface area (Å²) in [5.41, 5.74) is 1.79. The third kappa shape index (κ3) is 3.96. The molecule has 0 aliphatic rings. The molecule has 3 nitrogen and oxygen atoms in total. The van der Waals surface area contributed by atoms with Crippen molar-refractivity contribution in [3.63, 3.8) is 0 Å². The molecular formula is C15H14INO2. The zero-order valence-electron chi connectivity index (χ0n) is 10.3. The zero-order chi connectivity index (χ0) is 13.7. The van der Waals surface area contributed by atoms with Crippen LogP contribution in [0.15, 0.2) is 48.5 Å². The van der Waals surface area contributed by atoms with Gasteiger partial charge in [0.25, 0.3) is 5.91 Å². The minimum Gasteiger partial charge on any atom is -0.508 e. The van der Waals surface area contributed by atoms with Crippen LogP contribution in [0, 0.1) is 3.57 Å². The average molecular weight is 367 g/mol. The summed E-state index contributed by atoms with van der Waals surface area (Å²) < 4.78 is 0.947. The van der Waals surface area contributed by atoms with Gasteiger partial charge in [-0.1, -0.05) is 24.3 Å². The molecule has 2 aromatic rings. The highest BCUT2D eigenvalue weighted by atomic mass is 127. The first kappa shape index (κ1) is 13.9. The Balaban J connectivity index is 1.88. The average Bonchev–Trinajstić information content (AvgIpc) is 2.41. The quantitative estimate of drug-likeness (QED) is 0.817. The Labute approximate surface area is 125 Å². The molecule has 0 heterocycles. The second kappa shape index (κ2) is 6.56. The highest BCUT2D eigenvalue weighted by molar-refractivity contribution is 14.1. The summed E-state index contributed by atoms with van der Waals surface area (Å²) in [7, 11) is 0. The number of benzene rings is 2. The molecule has 0 spiro atoms. The molecule has 2 aromatic carbocycles. The molecular weight excluding hydrogens is 353 g/mol. The van der Waals surface area contributed by atoms with Crippen LogP contribution in [0.3, 0.4) is 0 Å². The van der Waals surface area contributed by atoms with Gasteiger partial charge in [0.1, 0.15) is 5.75 Å². The Morgan fingerprint density at radius 3 is 2.47 bits per heavy atom. The van der Waals surface area contributed by atoms with E-state index in [2.05, 4.69) is 27.9 Å². The van der Waals surface area contributed by atoms with Crippen molar-refractivity contribution in [2.75, 3.05) is 6.54 Å². The predicted octanol–water partition coefficient (Wildman–Crippen LogP) is 2.97. The first-order chi connectivity index (χ1) is 9.16. The SMILES string of the molecule is O=C(NCCc1ccc(O)cc1)c1ccccc1I. The number of amides is 1. The van der Waals surface area contributed by atoms with Crippen LogP contribution in [-0.2, 0) is 6.42 Å². The maximum Gasteiger partial charge on any atom is 0.252 e. The Morgan fingerprint density at radius 1 is 1.11 bits per heavy atom. The summed E-state index contributed by atoms with van der Waals surface area (Å²) in [4.78, 5) is 12.0. The molecule has 0 unspecified atom stereocenters. The van der Waals surface area contributed by atoms with Gasteiger partial charge in [-0.3, -0.25) is 4.79 Å². The van der Waals surface area contributed by atoms with E-state index in [0.29, 0.717) is 12.1 Å². The first-order valence-electron chi connectivity index (χ1n) is 5.97. The van der Waals surface area contributed by atoms with Crippen LogP contribution in [0.4, 0.5) is 0 Å². The fraction of sp³-hybridized carbons (Fsp3) is 0.133. The number of phenolic OH excluding ortho intramolecular Hbond substituents is 1. The summed E-state index contributed by atoms with van der Waals surface area (Å²) in [6, 6.07) is 14.5. The second-order valence-electron chi connectivity index (χ2n) is 4.15. The molecule has 0 aromatic heterocycles. The van der Waals surface area contributed by atoms with Crippen LogP contribution in [-0.4, -0.2) is 17.6 Å². The fourth-order valence-electron chi connectivity index (χ4n) is 1.72. The third-order valence-corrected chi connectivity index (χ3v) is 3.69. The molecule has 0 saturated heterocycles. The normalized spacial score (nSPS) is 10.2. The van der Waals surface area contributed by atoms with Crippen molar-refractivity contribution in [2.24, 2.45) is 0 Å². The number of rotatable bonds is 4. The lowest BCUT2D eigenvalue weighted by Crippen LogP contribution is -2.26. The zero-order valence-corrected chi connectivity index (χ0v) is 12.4. The van der Waals surface area contributed by atoms with Gasteiger partial charge in [0.05, 0.1) is 5.56 Å². The van der Waals surface area contributed by atoms with E-state index in [1.807, 2.05) is 36.4 Å². The van der Waals surface area contributed by atoms with Crippen molar-refractivity contribution in [2.45, 2.75) is 6.42 Å². The van der Waals surface area contributed by atoms with Crippen molar-refractivity contribution >= 4 is 28.5 Å². The summed E-state index contributed by atoms with van der Waals surface area (Å²) in [6.45, 7) is 0.578. The van der Waals surface area contributed by atoms with E-state index in [9.17, 15) is 9.90 Å². The monoisotopic (exact) mass is 367 g/mol. The van der Waals surface area contributed by atoms with E-state index in [4.69, 9.17) is 0 Å². The minimum absolute atomic E-state index is 0.0521. The van der Waals surface area contributed by atoms with Gasteiger partial charge in [-0.2, -0.15) is 0 Å². The lowest BCUT2D eigenvalue weighted by molar-refractivity contribution is 0.0953. The van der Waals surface area contributed by atoms with Gasteiger partial charge in [0, 0.05) is 10.1 Å². The summed E-state index contributed by atoms with van der Waals surface area (Å²) >= 11 is 2.15. The number of phenols is 1. The maximum atomic E-state index is 12.0. The molecule has 2 rings (SSSR count). The van der Waals surface area contributed by atoms with Crippen molar-refractivity contribution in [3.05, 3.63) is 63.2 Å². The summed E-state index contributed by atoms with van der Waals surface area (Å²) in [6.07, 6.45) is 0.745. The minimum atomic E-state index is -0.0521. The van der Waals surface area contributed by atoms with Crippen molar-refractivity contribution in [1.82, 2.24) is 5.32 Å². The Morgan fingerprint density at radius 2 is 1.79 bits per heavy atom. The summed E-state index contributed by atoms with van der Waals surface area (Å²) in [5.74, 6) is 0.204. The number of halogens is 1. The van der Waals surface area contributed by atoms with E-state index < -0.39 is 0 Å². The van der Waals surface area contributed by atoms with Gasteiger partial charge in [-0.05, 0) is 58.8 Å². The first-order valence-corrected chi connectivity index (χ1v) is 7.05. The van der Waals surface area contributed by atoms with Gasteiger partial charge in [0.2, 0.25) is 0 Å². The number of carbonyl (C=O) groups excluding carboxylic acids is 1. The second-order valence-corrected chi connectivity index (χ2v) is 5.31. The van der Waals surface area contributed by atoms with Crippen LogP contribution in [0.2, 0.25) is 0 Å². The highest BCUT2D eigenvalue weighted by Crippen LogP contribution is 2.12. The topological polar surface area (TPSA) is 49.3 Å². The van der Waals surface area contributed by atoms with E-state index in [1.165, 1.54) is 0 Å². The van der Waals surface area contributed by atoms with Gasteiger partial charge in [0.15, 0.2) is 0 Å². The molecule has 2 N–H and O–H groups in total. The van der Waals surface area contributed by atoms with Crippen molar-refractivity contribution in [3.8, 4) is 5.75 Å². The largest absolute Gasteiger partial charge is 0.508 e. The molecule has 98 valence electrons. The van der Waals surface area contributed by atoms with Gasteiger partial charge in [-0.15, -0.1) is 0 Å². The Bertz CT molecular complexity index is 567.